The smallest absolute Gasteiger partial charge is 0.363 e. The van der Waals surface area contributed by atoms with E-state index in [9.17, 15) is 14.4 Å². The molecule has 0 radical (unpaired) electrons. The number of anilines is 1. The summed E-state index contributed by atoms with van der Waals surface area (Å²) in [5, 5.41) is 4.74. The summed E-state index contributed by atoms with van der Waals surface area (Å²) in [6.45, 7) is 0. The maximum atomic E-state index is 12.5. The fraction of sp³-hybridized carbons (Fsp3) is 0.214. The maximum absolute atomic E-state index is 12.5. The van der Waals surface area contributed by atoms with E-state index in [0.29, 0.717) is 27.4 Å². The lowest BCUT2D eigenvalue weighted by Crippen LogP contribution is -2.20. The van der Waals surface area contributed by atoms with Gasteiger partial charge in [-0.15, -0.1) is 11.3 Å². The molecule has 37 heavy (non-hydrogen) atoms. The van der Waals surface area contributed by atoms with Crippen LogP contribution in [0.1, 0.15) is 46.5 Å². The van der Waals surface area contributed by atoms with E-state index in [0.717, 1.165) is 25.7 Å². The Morgan fingerprint density at radius 3 is 2.57 bits per heavy atom. The van der Waals surface area contributed by atoms with Gasteiger partial charge in [0.25, 0.3) is 0 Å². The molecule has 188 valence electrons. The number of ether oxygens (including phenoxy) is 3. The van der Waals surface area contributed by atoms with E-state index in [4.69, 9.17) is 14.2 Å². The summed E-state index contributed by atoms with van der Waals surface area (Å²) < 4.78 is 16.2. The number of benzene rings is 2. The molecule has 2 heterocycles. The summed E-state index contributed by atoms with van der Waals surface area (Å²) in [5.41, 5.74) is 2.05. The summed E-state index contributed by atoms with van der Waals surface area (Å²) in [4.78, 5) is 41.9. The zero-order valence-electron chi connectivity index (χ0n) is 20.1. The normalized spacial score (nSPS) is 16.4. The molecule has 5 rings (SSSR count). The van der Waals surface area contributed by atoms with Crippen LogP contribution in [0.4, 0.5) is 5.69 Å². The van der Waals surface area contributed by atoms with Crippen molar-refractivity contribution in [3.8, 4) is 11.5 Å². The summed E-state index contributed by atoms with van der Waals surface area (Å²) in [5.74, 6) is -0.154. The van der Waals surface area contributed by atoms with Gasteiger partial charge in [-0.1, -0.05) is 25.0 Å². The minimum atomic E-state index is -0.583. The number of nitrogens with zero attached hydrogens (tertiary/aromatic N) is 1. The molecule has 1 aromatic heterocycles. The Hall–Kier alpha value is -4.24. The molecule has 1 aliphatic carbocycles. The Morgan fingerprint density at radius 2 is 1.86 bits per heavy atom. The lowest BCUT2D eigenvalue weighted by molar-refractivity contribution is -0.130. The maximum Gasteiger partial charge on any atom is 0.363 e. The molecule has 2 aliphatic rings. The molecule has 2 aromatic carbocycles. The first kappa shape index (κ1) is 24.5. The Morgan fingerprint density at radius 1 is 1.08 bits per heavy atom. The summed E-state index contributed by atoms with van der Waals surface area (Å²) >= 11 is 1.29. The standard InChI is InChI=1S/C28H24N2O6S/c1-34-23-16-17(8-13-22(23)35-28(33)24-7-4-14-37-24)15-21-27(32)36-26(30-21)19-9-11-20(12-10-19)29-25(31)18-5-2-3-6-18/h4,7-16,18H,2-3,5-6H2,1H3,(H,29,31)/b21-15+. The first-order chi connectivity index (χ1) is 18.0. The highest BCUT2D eigenvalue weighted by Crippen LogP contribution is 2.31. The molecule has 0 unspecified atom stereocenters. The van der Waals surface area contributed by atoms with Crippen LogP contribution in [0.25, 0.3) is 6.08 Å². The molecule has 9 heteroatoms. The van der Waals surface area contributed by atoms with E-state index >= 15 is 0 Å². The van der Waals surface area contributed by atoms with Crippen LogP contribution in [0.2, 0.25) is 0 Å². The van der Waals surface area contributed by atoms with Crippen LogP contribution in [0.3, 0.4) is 0 Å². The van der Waals surface area contributed by atoms with Crippen molar-refractivity contribution >= 4 is 46.8 Å². The van der Waals surface area contributed by atoms with Gasteiger partial charge in [-0.3, -0.25) is 4.79 Å². The Balaban J connectivity index is 1.29. The zero-order chi connectivity index (χ0) is 25.8. The fourth-order valence-corrected chi connectivity index (χ4v) is 4.82. The van der Waals surface area contributed by atoms with Crippen molar-refractivity contribution in [1.82, 2.24) is 0 Å². The number of hydrogen-bond acceptors (Lipinski definition) is 8. The number of esters is 2. The van der Waals surface area contributed by atoms with Crippen LogP contribution in [-0.4, -0.2) is 30.9 Å². The van der Waals surface area contributed by atoms with Gasteiger partial charge in [0.1, 0.15) is 4.88 Å². The molecule has 1 amide bonds. The number of methoxy groups -OCH3 is 1. The third kappa shape index (κ3) is 5.62. The largest absolute Gasteiger partial charge is 0.493 e. The predicted molar refractivity (Wildman–Crippen MR) is 140 cm³/mol. The summed E-state index contributed by atoms with van der Waals surface area (Å²) in [7, 11) is 1.47. The third-order valence-corrected chi connectivity index (χ3v) is 7.01. The van der Waals surface area contributed by atoms with Crippen molar-refractivity contribution in [3.05, 3.63) is 81.7 Å². The van der Waals surface area contributed by atoms with Crippen LogP contribution >= 0.6 is 11.3 Å². The molecule has 1 saturated carbocycles. The van der Waals surface area contributed by atoms with Gasteiger partial charge in [0, 0.05) is 17.2 Å². The van der Waals surface area contributed by atoms with E-state index in [-0.39, 0.29) is 29.2 Å². The third-order valence-electron chi connectivity index (χ3n) is 6.16. The number of rotatable bonds is 7. The molecule has 8 nitrogen and oxygen atoms in total. The van der Waals surface area contributed by atoms with Gasteiger partial charge >= 0.3 is 11.9 Å². The molecular formula is C28H24N2O6S. The number of carbonyl (C=O) groups is 3. The highest BCUT2D eigenvalue weighted by atomic mass is 32.1. The second-order valence-corrected chi connectivity index (χ2v) is 9.61. The predicted octanol–water partition coefficient (Wildman–Crippen LogP) is 5.45. The van der Waals surface area contributed by atoms with Crippen LogP contribution in [-0.2, 0) is 14.3 Å². The van der Waals surface area contributed by atoms with Crippen LogP contribution in [0.5, 0.6) is 11.5 Å². The molecule has 0 saturated heterocycles. The number of hydrogen-bond donors (Lipinski definition) is 1. The minimum Gasteiger partial charge on any atom is -0.493 e. The van der Waals surface area contributed by atoms with Crippen molar-refractivity contribution in [1.29, 1.82) is 0 Å². The van der Waals surface area contributed by atoms with Gasteiger partial charge in [0.15, 0.2) is 17.2 Å². The number of aliphatic imine (C=N–C) groups is 1. The van der Waals surface area contributed by atoms with Gasteiger partial charge in [-0.25, -0.2) is 14.6 Å². The molecule has 0 spiro atoms. The fourth-order valence-electron chi connectivity index (χ4n) is 4.22. The number of cyclic esters (lactones) is 1. The summed E-state index contributed by atoms with van der Waals surface area (Å²) in [6, 6.07) is 15.4. The molecule has 1 N–H and O–H groups in total. The van der Waals surface area contributed by atoms with E-state index < -0.39 is 11.9 Å². The Bertz CT molecular complexity index is 1390. The van der Waals surface area contributed by atoms with Crippen molar-refractivity contribution in [2.24, 2.45) is 10.9 Å². The average molecular weight is 517 g/mol. The monoisotopic (exact) mass is 516 g/mol. The molecule has 1 aliphatic heterocycles. The lowest BCUT2D eigenvalue weighted by atomic mass is 10.1. The highest BCUT2D eigenvalue weighted by Gasteiger charge is 2.25. The van der Waals surface area contributed by atoms with E-state index in [2.05, 4.69) is 10.3 Å². The van der Waals surface area contributed by atoms with E-state index in [1.165, 1.54) is 18.4 Å². The van der Waals surface area contributed by atoms with Crippen LogP contribution in [0.15, 0.2) is 70.7 Å². The van der Waals surface area contributed by atoms with Gasteiger partial charge in [0.2, 0.25) is 11.8 Å². The zero-order valence-corrected chi connectivity index (χ0v) is 20.9. The first-order valence-corrected chi connectivity index (χ1v) is 12.8. The highest BCUT2D eigenvalue weighted by molar-refractivity contribution is 7.12. The van der Waals surface area contributed by atoms with Gasteiger partial charge in [-0.05, 0) is 72.3 Å². The van der Waals surface area contributed by atoms with Crippen molar-refractivity contribution < 1.29 is 28.6 Å². The Labute approximate surface area is 217 Å². The van der Waals surface area contributed by atoms with E-state index in [1.54, 1.807) is 66.1 Å². The molecule has 0 bridgehead atoms. The van der Waals surface area contributed by atoms with Crippen LogP contribution in [0, 0.1) is 5.92 Å². The van der Waals surface area contributed by atoms with E-state index in [1.807, 2.05) is 0 Å². The molecule has 3 aromatic rings. The van der Waals surface area contributed by atoms with Gasteiger partial charge in [-0.2, -0.15) is 0 Å². The lowest BCUT2D eigenvalue weighted by Gasteiger charge is -2.10. The minimum absolute atomic E-state index is 0.0443. The number of nitrogens with one attached hydrogen (secondary N) is 1. The SMILES string of the molecule is COc1cc(/C=C2/N=C(c3ccc(NC(=O)C4CCCC4)cc3)OC2=O)ccc1OC(=O)c1cccs1. The number of amides is 1. The topological polar surface area (TPSA) is 103 Å². The second kappa shape index (κ2) is 10.8. The van der Waals surface area contributed by atoms with Gasteiger partial charge < -0.3 is 19.5 Å². The van der Waals surface area contributed by atoms with Crippen molar-refractivity contribution in [2.45, 2.75) is 25.7 Å². The Kier molecular flexibility index (Phi) is 7.14. The van der Waals surface area contributed by atoms with Crippen molar-refractivity contribution in [3.63, 3.8) is 0 Å². The number of thiophene rings is 1. The quantitative estimate of drug-likeness (QED) is 0.255. The van der Waals surface area contributed by atoms with Gasteiger partial charge in [0.05, 0.1) is 7.11 Å². The average Bonchev–Trinajstić information content (AvgIpc) is 3.69. The molecule has 0 atom stereocenters. The molecular weight excluding hydrogens is 492 g/mol. The summed E-state index contributed by atoms with van der Waals surface area (Å²) in [6.07, 6.45) is 5.62. The van der Waals surface area contributed by atoms with Crippen molar-refractivity contribution in [2.75, 3.05) is 12.4 Å². The number of carbonyl (C=O) groups excluding carboxylic acids is 3. The van der Waals surface area contributed by atoms with Crippen LogP contribution < -0.4 is 14.8 Å². The first-order valence-electron chi connectivity index (χ1n) is 11.9. The molecule has 1 fully saturated rings. The second-order valence-electron chi connectivity index (χ2n) is 8.66.